The van der Waals surface area contributed by atoms with E-state index in [0.717, 1.165) is 0 Å². The van der Waals surface area contributed by atoms with Crippen molar-refractivity contribution >= 4 is 18.0 Å². The van der Waals surface area contributed by atoms with Crippen LogP contribution >= 0.6 is 0 Å². The van der Waals surface area contributed by atoms with Gasteiger partial charge in [0.15, 0.2) is 0 Å². The van der Waals surface area contributed by atoms with E-state index in [9.17, 15) is 19.5 Å². The number of amides is 2. The lowest BCUT2D eigenvalue weighted by molar-refractivity contribution is -0.150. The highest BCUT2D eigenvalue weighted by molar-refractivity contribution is 5.90. The number of aliphatic carboxylic acids is 1. The average molecular weight is 399 g/mol. The molecule has 0 spiro atoms. The number of ether oxygens (including phenoxy) is 2. The molecule has 0 aromatic heterocycles. The molecule has 1 rings (SSSR count). The van der Waals surface area contributed by atoms with Crippen molar-refractivity contribution in [2.24, 2.45) is 11.8 Å². The predicted octanol–water partition coefficient (Wildman–Crippen LogP) is 2.43. The van der Waals surface area contributed by atoms with Gasteiger partial charge < -0.3 is 24.8 Å². The Bertz CT molecular complexity index is 584. The summed E-state index contributed by atoms with van der Waals surface area (Å²) in [5.41, 5.74) is -0.733. The van der Waals surface area contributed by atoms with E-state index in [4.69, 9.17) is 9.47 Å². The van der Waals surface area contributed by atoms with Gasteiger partial charge in [-0.1, -0.05) is 19.9 Å². The Morgan fingerprint density at radius 1 is 1.29 bits per heavy atom. The molecule has 2 N–H and O–H groups in total. The van der Waals surface area contributed by atoms with Crippen LogP contribution in [0.1, 0.15) is 48.0 Å². The number of nitrogens with one attached hydrogen (secondary N) is 1. The zero-order valence-electron chi connectivity index (χ0n) is 17.7. The molecule has 28 heavy (non-hydrogen) atoms. The first-order valence-corrected chi connectivity index (χ1v) is 9.62. The van der Waals surface area contributed by atoms with Gasteiger partial charge in [-0.15, -0.1) is 6.58 Å². The Kier molecular flexibility index (Phi) is 8.48. The van der Waals surface area contributed by atoms with E-state index < -0.39 is 41.8 Å². The molecule has 0 bridgehead atoms. The van der Waals surface area contributed by atoms with E-state index in [1.807, 2.05) is 13.8 Å². The molecule has 0 radical (unpaired) electrons. The molecule has 0 saturated carbocycles. The van der Waals surface area contributed by atoms with Crippen molar-refractivity contribution in [3.05, 3.63) is 12.7 Å². The normalized spacial score (nSPS) is 21.9. The summed E-state index contributed by atoms with van der Waals surface area (Å²) in [5, 5.41) is 12.1. The number of hydrogen-bond donors (Lipinski definition) is 2. The molecule has 160 valence electrons. The number of carboxylic acids is 1. The molecule has 0 unspecified atom stereocenters. The molecule has 1 aliphatic rings. The van der Waals surface area contributed by atoms with Crippen LogP contribution in [-0.4, -0.2) is 64.9 Å². The molecule has 1 fully saturated rings. The van der Waals surface area contributed by atoms with Gasteiger partial charge in [-0.05, 0) is 46.0 Å². The third-order valence-electron chi connectivity index (χ3n) is 4.73. The van der Waals surface area contributed by atoms with Gasteiger partial charge in [0.2, 0.25) is 5.91 Å². The molecule has 1 heterocycles. The van der Waals surface area contributed by atoms with Crippen LogP contribution in [0.3, 0.4) is 0 Å². The Balaban J connectivity index is 3.06. The smallest absolute Gasteiger partial charge is 0.408 e. The molecule has 1 saturated heterocycles. The summed E-state index contributed by atoms with van der Waals surface area (Å²) in [6.45, 7) is 14.9. The zero-order valence-corrected chi connectivity index (χ0v) is 17.7. The summed E-state index contributed by atoms with van der Waals surface area (Å²) in [6, 6.07) is -1.99. The van der Waals surface area contributed by atoms with Gasteiger partial charge in [-0.2, -0.15) is 0 Å². The van der Waals surface area contributed by atoms with Crippen molar-refractivity contribution < 1.29 is 29.0 Å². The largest absolute Gasteiger partial charge is 0.480 e. The van der Waals surface area contributed by atoms with Crippen LogP contribution in [0, 0.1) is 11.8 Å². The lowest BCUT2D eigenvalue weighted by atomic mass is 9.93. The highest BCUT2D eigenvalue weighted by Gasteiger charge is 2.44. The number of carbonyl (C=O) groups is 3. The summed E-state index contributed by atoms with van der Waals surface area (Å²) in [5.74, 6) is -1.21. The first-order valence-electron chi connectivity index (χ1n) is 9.62. The third kappa shape index (κ3) is 6.82. The van der Waals surface area contributed by atoms with Crippen molar-refractivity contribution in [1.82, 2.24) is 10.2 Å². The van der Waals surface area contributed by atoms with Crippen molar-refractivity contribution in [2.45, 2.75) is 71.8 Å². The summed E-state index contributed by atoms with van der Waals surface area (Å²) in [7, 11) is 0. The van der Waals surface area contributed by atoms with Gasteiger partial charge in [0.25, 0.3) is 0 Å². The Morgan fingerprint density at radius 3 is 2.36 bits per heavy atom. The molecule has 8 nitrogen and oxygen atoms in total. The van der Waals surface area contributed by atoms with Crippen LogP contribution in [0.25, 0.3) is 0 Å². The third-order valence-corrected chi connectivity index (χ3v) is 4.73. The fourth-order valence-electron chi connectivity index (χ4n) is 3.14. The number of likely N-dealkylation sites (tertiary alicyclic amines) is 1. The standard InChI is InChI=1S/C20H34N2O6/c1-8-9-27-13(4)16(21-19(26)28-20(5,6)7)17(23)22-11-14(12(2)3)10-15(22)18(24)25/h8,12-16H,1,9-11H2,2-7H3,(H,21,26)(H,24,25)/t13-,14+,15-,16-/m0/s1. The molecule has 4 atom stereocenters. The van der Waals surface area contributed by atoms with Crippen molar-refractivity contribution in [1.29, 1.82) is 0 Å². The Hall–Kier alpha value is -2.09. The number of carboxylic acid groups (broad SMARTS) is 1. The molecular formula is C20H34N2O6. The molecule has 8 heteroatoms. The maximum absolute atomic E-state index is 13.2. The summed E-state index contributed by atoms with van der Waals surface area (Å²) >= 11 is 0. The SMILES string of the molecule is C=CCO[C@@H](C)[C@H](NC(=O)OC(C)(C)C)C(=O)N1C[C@H](C(C)C)C[C@H]1C(=O)O. The maximum Gasteiger partial charge on any atom is 0.408 e. The lowest BCUT2D eigenvalue weighted by Crippen LogP contribution is -2.57. The van der Waals surface area contributed by atoms with E-state index in [1.54, 1.807) is 27.7 Å². The van der Waals surface area contributed by atoms with Gasteiger partial charge in [-0.25, -0.2) is 9.59 Å². The summed E-state index contributed by atoms with van der Waals surface area (Å²) in [4.78, 5) is 38.5. The first-order chi connectivity index (χ1) is 12.9. The van der Waals surface area contributed by atoms with Crippen molar-refractivity contribution in [3.63, 3.8) is 0 Å². The highest BCUT2D eigenvalue weighted by atomic mass is 16.6. The first kappa shape index (κ1) is 23.9. The van der Waals surface area contributed by atoms with Crippen LogP contribution in [-0.2, 0) is 19.1 Å². The fourth-order valence-corrected chi connectivity index (χ4v) is 3.14. The Morgan fingerprint density at radius 2 is 1.89 bits per heavy atom. The van der Waals surface area contributed by atoms with Crippen molar-refractivity contribution in [2.75, 3.05) is 13.2 Å². The number of carbonyl (C=O) groups excluding carboxylic acids is 2. The minimum Gasteiger partial charge on any atom is -0.480 e. The van der Waals surface area contributed by atoms with E-state index in [2.05, 4.69) is 11.9 Å². The van der Waals surface area contributed by atoms with Gasteiger partial charge >= 0.3 is 12.1 Å². The van der Waals surface area contributed by atoms with Crippen LogP contribution in [0.4, 0.5) is 4.79 Å². The van der Waals surface area contributed by atoms with Gasteiger partial charge in [0.1, 0.15) is 17.7 Å². The van der Waals surface area contributed by atoms with Gasteiger partial charge in [0.05, 0.1) is 12.7 Å². The number of rotatable bonds is 8. The van der Waals surface area contributed by atoms with Gasteiger partial charge in [-0.3, -0.25) is 4.79 Å². The number of hydrogen-bond acceptors (Lipinski definition) is 5. The quantitative estimate of drug-likeness (QED) is 0.609. The average Bonchev–Trinajstić information content (AvgIpc) is 3.01. The van der Waals surface area contributed by atoms with Gasteiger partial charge in [0, 0.05) is 6.54 Å². The van der Waals surface area contributed by atoms with E-state index in [0.29, 0.717) is 13.0 Å². The molecule has 2 amide bonds. The van der Waals surface area contributed by atoms with Crippen LogP contribution in [0.15, 0.2) is 12.7 Å². The van der Waals surface area contributed by atoms with Crippen LogP contribution < -0.4 is 5.32 Å². The molecular weight excluding hydrogens is 364 g/mol. The topological polar surface area (TPSA) is 105 Å². The summed E-state index contributed by atoms with van der Waals surface area (Å²) in [6.07, 6.45) is 0.479. The monoisotopic (exact) mass is 398 g/mol. The minimum absolute atomic E-state index is 0.0802. The Labute approximate surface area is 167 Å². The molecule has 1 aliphatic heterocycles. The van der Waals surface area contributed by atoms with Crippen LogP contribution in [0.5, 0.6) is 0 Å². The predicted molar refractivity (Wildman–Crippen MR) is 105 cm³/mol. The molecule has 0 aliphatic carbocycles. The molecule has 0 aromatic carbocycles. The molecule has 0 aromatic rings. The zero-order chi connectivity index (χ0) is 21.6. The fraction of sp³-hybridized carbons (Fsp3) is 0.750. The number of nitrogens with zero attached hydrogens (tertiary/aromatic N) is 1. The van der Waals surface area contributed by atoms with E-state index in [-0.39, 0.29) is 18.4 Å². The second-order valence-electron chi connectivity index (χ2n) is 8.54. The number of alkyl carbamates (subject to hydrolysis) is 1. The van der Waals surface area contributed by atoms with E-state index >= 15 is 0 Å². The van der Waals surface area contributed by atoms with Crippen LogP contribution in [0.2, 0.25) is 0 Å². The second-order valence-corrected chi connectivity index (χ2v) is 8.54. The second kappa shape index (κ2) is 9.91. The van der Waals surface area contributed by atoms with Crippen molar-refractivity contribution in [3.8, 4) is 0 Å². The maximum atomic E-state index is 13.2. The minimum atomic E-state index is -1.07. The summed E-state index contributed by atoms with van der Waals surface area (Å²) < 4.78 is 10.8. The van der Waals surface area contributed by atoms with E-state index in [1.165, 1.54) is 11.0 Å². The lowest BCUT2D eigenvalue weighted by Gasteiger charge is -2.31. The highest BCUT2D eigenvalue weighted by Crippen LogP contribution is 2.30.